The summed E-state index contributed by atoms with van der Waals surface area (Å²) in [7, 11) is 0. The molecule has 3 aromatic carbocycles. The molecule has 3 N–H and O–H groups in total. The molecule has 0 saturated carbocycles. The summed E-state index contributed by atoms with van der Waals surface area (Å²) in [6, 6.07) is 23.1. The number of carbonyl (C=O) groups excluding carboxylic acids is 3. The quantitative estimate of drug-likeness (QED) is 0.119. The number of rotatable bonds is 15. The largest absolute Gasteiger partial charge is 0.325 e. The molecule has 3 amide bonds. The maximum atomic E-state index is 12.6. The number of anilines is 3. The number of aromatic nitrogens is 3. The maximum Gasteiger partial charge on any atom is 0.234 e. The molecule has 0 unspecified atom stereocenters. The monoisotopic (exact) mass is 660 g/mol. The van der Waals surface area contributed by atoms with Gasteiger partial charge in [-0.1, -0.05) is 92.5 Å². The third kappa shape index (κ3) is 11.5. The Balaban J connectivity index is 1.39. The van der Waals surface area contributed by atoms with Gasteiger partial charge in [-0.15, -0.1) is 0 Å². The van der Waals surface area contributed by atoms with Gasteiger partial charge in [0, 0.05) is 17.1 Å². The predicted molar refractivity (Wildman–Crippen MR) is 185 cm³/mol. The first-order chi connectivity index (χ1) is 21.8. The molecule has 45 heavy (non-hydrogen) atoms. The summed E-state index contributed by atoms with van der Waals surface area (Å²) in [6.07, 6.45) is 2.77. The first-order valence-electron chi connectivity index (χ1n) is 14.6. The second kappa shape index (κ2) is 17.6. The molecule has 4 aromatic rings. The summed E-state index contributed by atoms with van der Waals surface area (Å²) in [5.74, 6) is -0.358. The molecule has 0 saturated heterocycles. The highest BCUT2D eigenvalue weighted by atomic mass is 32.2. The van der Waals surface area contributed by atoms with Crippen LogP contribution >= 0.6 is 35.3 Å². The molecule has 0 spiro atoms. The van der Waals surface area contributed by atoms with E-state index in [1.54, 1.807) is 0 Å². The molecular weight excluding hydrogens is 625 g/mol. The van der Waals surface area contributed by atoms with E-state index in [2.05, 4.69) is 51.7 Å². The van der Waals surface area contributed by atoms with Crippen LogP contribution in [0.15, 0.2) is 88.3 Å². The number of benzene rings is 3. The van der Waals surface area contributed by atoms with Crippen molar-refractivity contribution in [3.8, 4) is 0 Å². The van der Waals surface area contributed by atoms with E-state index >= 15 is 0 Å². The highest BCUT2D eigenvalue weighted by molar-refractivity contribution is 8.01. The van der Waals surface area contributed by atoms with Gasteiger partial charge in [-0.25, -0.2) is 0 Å². The lowest BCUT2D eigenvalue weighted by molar-refractivity contribution is -0.114. The molecule has 0 aliphatic rings. The molecule has 0 aliphatic heterocycles. The van der Waals surface area contributed by atoms with Crippen molar-refractivity contribution in [2.45, 2.75) is 55.5 Å². The van der Waals surface area contributed by atoms with E-state index in [1.165, 1.54) is 16.7 Å². The van der Waals surface area contributed by atoms with Crippen LogP contribution in [0.1, 0.15) is 37.5 Å². The Kier molecular flexibility index (Phi) is 13.3. The Morgan fingerprint density at radius 1 is 0.467 bits per heavy atom. The average Bonchev–Trinajstić information content (AvgIpc) is 3.06. The molecule has 234 valence electrons. The standard InChI is InChI=1S/C33H36N6O3S3/c1-4-22-7-13-25(14-8-22)34-28(40)19-43-31-37-32(44-20-29(41)35-26-15-9-23(5-2)10-16-26)39-33(38-31)45-21-30(42)36-27-17-11-24(6-3)12-18-27/h7-18H,4-6,19-21H2,1-3H3,(H,34,40)(H,35,41)(H,36,42). The fourth-order valence-corrected chi connectivity index (χ4v) is 6.04. The Morgan fingerprint density at radius 2 is 0.711 bits per heavy atom. The summed E-state index contributed by atoms with van der Waals surface area (Å²) in [5, 5.41) is 9.65. The lowest BCUT2D eigenvalue weighted by atomic mass is 10.1. The maximum absolute atomic E-state index is 12.6. The Labute approximate surface area is 276 Å². The molecule has 0 aliphatic carbocycles. The number of hydrogen-bond donors (Lipinski definition) is 3. The van der Waals surface area contributed by atoms with Crippen molar-refractivity contribution in [2.75, 3.05) is 33.2 Å². The summed E-state index contributed by atoms with van der Waals surface area (Å²) in [5.41, 5.74) is 5.71. The van der Waals surface area contributed by atoms with Crippen molar-refractivity contribution in [3.05, 3.63) is 89.5 Å². The number of hydrogen-bond acceptors (Lipinski definition) is 9. The van der Waals surface area contributed by atoms with Crippen molar-refractivity contribution < 1.29 is 14.4 Å². The van der Waals surface area contributed by atoms with Gasteiger partial charge < -0.3 is 16.0 Å². The number of aryl methyl sites for hydroxylation is 3. The van der Waals surface area contributed by atoms with Crippen LogP contribution in [0, 0.1) is 0 Å². The van der Waals surface area contributed by atoms with Crippen LogP contribution < -0.4 is 16.0 Å². The van der Waals surface area contributed by atoms with E-state index in [9.17, 15) is 14.4 Å². The highest BCUT2D eigenvalue weighted by Crippen LogP contribution is 2.24. The molecule has 12 heteroatoms. The summed E-state index contributed by atoms with van der Waals surface area (Å²) in [6.45, 7) is 6.23. The molecular formula is C33H36N6O3S3. The first kappa shape index (κ1) is 34.0. The normalized spacial score (nSPS) is 10.7. The summed E-state index contributed by atoms with van der Waals surface area (Å²) < 4.78 is 0. The van der Waals surface area contributed by atoms with E-state index in [-0.39, 0.29) is 35.0 Å². The van der Waals surface area contributed by atoms with Crippen molar-refractivity contribution >= 4 is 70.1 Å². The van der Waals surface area contributed by atoms with Crippen LogP contribution in [-0.2, 0) is 33.6 Å². The van der Waals surface area contributed by atoms with Gasteiger partial charge in [-0.3, -0.25) is 14.4 Å². The van der Waals surface area contributed by atoms with Gasteiger partial charge in [-0.2, -0.15) is 15.0 Å². The Morgan fingerprint density at radius 3 is 0.933 bits per heavy atom. The van der Waals surface area contributed by atoms with Crippen LogP contribution in [0.4, 0.5) is 17.1 Å². The lowest BCUT2D eigenvalue weighted by Gasteiger charge is -2.09. The lowest BCUT2D eigenvalue weighted by Crippen LogP contribution is -2.16. The molecule has 1 aromatic heterocycles. The Hall–Kier alpha value is -3.87. The third-order valence-corrected chi connectivity index (χ3v) is 9.05. The van der Waals surface area contributed by atoms with Gasteiger partial charge in [0.05, 0.1) is 17.3 Å². The second-order valence-electron chi connectivity index (χ2n) is 9.85. The van der Waals surface area contributed by atoms with Crippen LogP contribution in [0.25, 0.3) is 0 Å². The number of carbonyl (C=O) groups is 3. The molecule has 1 heterocycles. The molecule has 0 atom stereocenters. The highest BCUT2D eigenvalue weighted by Gasteiger charge is 2.14. The summed E-state index contributed by atoms with van der Waals surface area (Å²) >= 11 is 3.49. The Bertz CT molecular complexity index is 1380. The minimum atomic E-state index is -0.199. The van der Waals surface area contributed by atoms with Crippen LogP contribution in [0.2, 0.25) is 0 Å². The minimum Gasteiger partial charge on any atom is -0.325 e. The number of nitrogens with one attached hydrogen (secondary N) is 3. The third-order valence-electron chi connectivity index (χ3n) is 6.51. The molecule has 0 bridgehead atoms. The topological polar surface area (TPSA) is 126 Å². The predicted octanol–water partition coefficient (Wildman–Crippen LogP) is 6.75. The molecule has 0 fully saturated rings. The van der Waals surface area contributed by atoms with Gasteiger partial charge in [-0.05, 0) is 72.4 Å². The van der Waals surface area contributed by atoms with Crippen LogP contribution in [0.5, 0.6) is 0 Å². The van der Waals surface area contributed by atoms with Gasteiger partial charge in [0.25, 0.3) is 0 Å². The number of amides is 3. The zero-order valence-corrected chi connectivity index (χ0v) is 27.9. The van der Waals surface area contributed by atoms with Crippen LogP contribution in [-0.4, -0.2) is 49.9 Å². The van der Waals surface area contributed by atoms with Gasteiger partial charge in [0.1, 0.15) is 0 Å². The average molecular weight is 661 g/mol. The SMILES string of the molecule is CCc1ccc(NC(=O)CSc2nc(SCC(=O)Nc3ccc(CC)cc3)nc(SCC(=O)Nc3ccc(CC)cc3)n2)cc1. The van der Waals surface area contributed by atoms with E-state index in [0.717, 1.165) is 54.5 Å². The van der Waals surface area contributed by atoms with E-state index < -0.39 is 0 Å². The molecule has 0 radical (unpaired) electrons. The smallest absolute Gasteiger partial charge is 0.234 e. The van der Waals surface area contributed by atoms with Gasteiger partial charge >= 0.3 is 0 Å². The number of nitrogens with zero attached hydrogens (tertiary/aromatic N) is 3. The van der Waals surface area contributed by atoms with Gasteiger partial charge in [0.15, 0.2) is 15.5 Å². The minimum absolute atomic E-state index is 0.0796. The van der Waals surface area contributed by atoms with Crippen molar-refractivity contribution in [3.63, 3.8) is 0 Å². The van der Waals surface area contributed by atoms with Crippen molar-refractivity contribution in [1.82, 2.24) is 15.0 Å². The van der Waals surface area contributed by atoms with Crippen molar-refractivity contribution in [2.24, 2.45) is 0 Å². The summed E-state index contributed by atoms with van der Waals surface area (Å²) in [4.78, 5) is 51.4. The van der Waals surface area contributed by atoms with Crippen LogP contribution in [0.3, 0.4) is 0 Å². The molecule has 9 nitrogen and oxygen atoms in total. The zero-order chi connectivity index (χ0) is 32.0. The zero-order valence-electron chi connectivity index (χ0n) is 25.5. The first-order valence-corrected chi connectivity index (χ1v) is 17.6. The van der Waals surface area contributed by atoms with E-state index in [4.69, 9.17) is 0 Å². The molecule has 4 rings (SSSR count). The van der Waals surface area contributed by atoms with E-state index in [1.807, 2.05) is 72.8 Å². The number of thioether (sulfide) groups is 3. The van der Waals surface area contributed by atoms with E-state index in [0.29, 0.717) is 32.5 Å². The van der Waals surface area contributed by atoms with Gasteiger partial charge in [0.2, 0.25) is 17.7 Å². The fraction of sp³-hybridized carbons (Fsp3) is 0.273. The fourth-order valence-electron chi connectivity index (χ4n) is 3.97. The second-order valence-corrected chi connectivity index (χ2v) is 12.7. The van der Waals surface area contributed by atoms with Crippen molar-refractivity contribution in [1.29, 1.82) is 0 Å².